The van der Waals surface area contributed by atoms with Crippen LogP contribution in [-0.4, -0.2) is 25.4 Å². The topological polar surface area (TPSA) is 76.2 Å². The molecule has 0 atom stereocenters. The van der Waals surface area contributed by atoms with E-state index >= 15 is 0 Å². The zero-order valence-corrected chi connectivity index (χ0v) is 12.6. The summed E-state index contributed by atoms with van der Waals surface area (Å²) in [4.78, 5) is 12.2. The molecule has 3 aromatic rings. The summed E-state index contributed by atoms with van der Waals surface area (Å²) in [6.45, 7) is 0. The average molecular weight is 310 g/mol. The monoisotopic (exact) mass is 310 g/mol. The van der Waals surface area contributed by atoms with Gasteiger partial charge >= 0.3 is 6.03 Å². The zero-order chi connectivity index (χ0) is 15.6. The summed E-state index contributed by atoms with van der Waals surface area (Å²) < 4.78 is 3.67. The number of fused-ring (bicyclic) bond motifs is 1. The number of pyridine rings is 1. The Morgan fingerprint density at radius 1 is 1.13 bits per heavy atom. The molecule has 0 saturated heterocycles. The van der Waals surface area contributed by atoms with E-state index in [1.165, 1.54) is 12.8 Å². The highest BCUT2D eigenvalue weighted by Crippen LogP contribution is 2.29. The molecule has 2 N–H and O–H groups in total. The highest BCUT2D eigenvalue weighted by molar-refractivity contribution is 6.02. The Hall–Kier alpha value is -2.83. The van der Waals surface area contributed by atoms with Gasteiger partial charge in [-0.25, -0.2) is 9.31 Å². The van der Waals surface area contributed by atoms with Crippen molar-refractivity contribution < 1.29 is 4.79 Å². The van der Waals surface area contributed by atoms with Crippen LogP contribution in [0.15, 0.2) is 43.0 Å². The third-order valence-corrected chi connectivity index (χ3v) is 4.23. The van der Waals surface area contributed by atoms with Crippen molar-refractivity contribution in [1.29, 1.82) is 0 Å². The van der Waals surface area contributed by atoms with Gasteiger partial charge in [0.25, 0.3) is 0 Å². The third kappa shape index (κ3) is 2.77. The summed E-state index contributed by atoms with van der Waals surface area (Å²) in [5, 5.41) is 14.2. The van der Waals surface area contributed by atoms with Crippen LogP contribution in [0.1, 0.15) is 31.7 Å². The van der Waals surface area contributed by atoms with Gasteiger partial charge in [0, 0.05) is 12.4 Å². The van der Waals surface area contributed by atoms with Crippen molar-refractivity contribution in [3.63, 3.8) is 0 Å². The number of rotatable bonds is 3. The molecule has 0 spiro atoms. The molecule has 1 saturated carbocycles. The first-order chi connectivity index (χ1) is 11.3. The summed E-state index contributed by atoms with van der Waals surface area (Å²) >= 11 is 0. The second-order valence-corrected chi connectivity index (χ2v) is 5.82. The molecular formula is C16H18N6O. The Kier molecular flexibility index (Phi) is 3.45. The quantitative estimate of drug-likeness (QED) is 0.779. The van der Waals surface area contributed by atoms with Crippen LogP contribution < -0.4 is 10.6 Å². The molecule has 4 rings (SSSR count). The Morgan fingerprint density at radius 3 is 2.87 bits per heavy atom. The highest BCUT2D eigenvalue weighted by atomic mass is 16.2. The number of carbonyl (C=O) groups excluding carboxylic acids is 1. The molecule has 3 aromatic heterocycles. The molecule has 0 unspecified atom stereocenters. The Labute approximate surface area is 133 Å². The molecule has 23 heavy (non-hydrogen) atoms. The van der Waals surface area contributed by atoms with E-state index in [9.17, 15) is 4.79 Å². The summed E-state index contributed by atoms with van der Waals surface area (Å²) in [5.74, 6) is 0. The highest BCUT2D eigenvalue weighted by Gasteiger charge is 2.18. The Bertz CT molecular complexity index is 830. The van der Waals surface area contributed by atoms with Crippen molar-refractivity contribution in [2.75, 3.05) is 10.6 Å². The lowest BCUT2D eigenvalue weighted by Gasteiger charge is -2.08. The standard InChI is InChI=1S/C16H18N6O/c23-16(20-14-10-18-21-8-4-3-7-15(14)21)19-12-9-17-22(11-12)13-5-1-2-6-13/h3-4,7-11,13H,1-2,5-6H2,(H2,19,20,23). The van der Waals surface area contributed by atoms with E-state index in [-0.39, 0.29) is 6.03 Å². The fourth-order valence-corrected chi connectivity index (χ4v) is 3.09. The molecule has 2 amide bonds. The number of nitrogens with zero attached hydrogens (tertiary/aromatic N) is 4. The number of nitrogens with one attached hydrogen (secondary N) is 2. The van der Waals surface area contributed by atoms with Crippen LogP contribution in [0, 0.1) is 0 Å². The van der Waals surface area contributed by atoms with E-state index in [1.807, 2.05) is 35.3 Å². The van der Waals surface area contributed by atoms with E-state index in [2.05, 4.69) is 20.8 Å². The number of carbonyl (C=O) groups is 1. The van der Waals surface area contributed by atoms with Crippen molar-refractivity contribution in [1.82, 2.24) is 19.4 Å². The van der Waals surface area contributed by atoms with Gasteiger partial charge in [-0.1, -0.05) is 18.9 Å². The van der Waals surface area contributed by atoms with E-state index in [1.54, 1.807) is 16.9 Å². The van der Waals surface area contributed by atoms with Gasteiger partial charge in [-0.2, -0.15) is 10.2 Å². The maximum atomic E-state index is 12.2. The van der Waals surface area contributed by atoms with Gasteiger partial charge in [0.2, 0.25) is 0 Å². The Balaban J connectivity index is 1.43. The lowest BCUT2D eigenvalue weighted by molar-refractivity contribution is 0.262. The fourth-order valence-electron chi connectivity index (χ4n) is 3.09. The van der Waals surface area contributed by atoms with E-state index in [0.29, 0.717) is 17.4 Å². The van der Waals surface area contributed by atoms with Gasteiger partial charge in [0.15, 0.2) is 0 Å². The number of urea groups is 1. The molecule has 0 aromatic carbocycles. The largest absolute Gasteiger partial charge is 0.323 e. The fraction of sp³-hybridized carbons (Fsp3) is 0.312. The van der Waals surface area contributed by atoms with Gasteiger partial charge in [-0.15, -0.1) is 0 Å². The Morgan fingerprint density at radius 2 is 2.00 bits per heavy atom. The summed E-state index contributed by atoms with van der Waals surface area (Å²) in [6.07, 6.45) is 11.9. The molecular weight excluding hydrogens is 292 g/mol. The van der Waals surface area contributed by atoms with Gasteiger partial charge in [0.05, 0.1) is 35.3 Å². The molecule has 1 aliphatic carbocycles. The maximum Gasteiger partial charge on any atom is 0.323 e. The van der Waals surface area contributed by atoms with Crippen molar-refractivity contribution in [2.24, 2.45) is 0 Å². The van der Waals surface area contributed by atoms with Crippen LogP contribution >= 0.6 is 0 Å². The number of anilines is 2. The normalized spacial score (nSPS) is 15.1. The van der Waals surface area contributed by atoms with Crippen LogP contribution in [0.3, 0.4) is 0 Å². The van der Waals surface area contributed by atoms with Gasteiger partial charge in [-0.05, 0) is 25.0 Å². The minimum absolute atomic E-state index is 0.297. The molecule has 7 nitrogen and oxygen atoms in total. The van der Waals surface area contributed by atoms with E-state index in [4.69, 9.17) is 0 Å². The van der Waals surface area contributed by atoms with Crippen molar-refractivity contribution in [3.8, 4) is 0 Å². The first-order valence-electron chi connectivity index (χ1n) is 7.84. The van der Waals surface area contributed by atoms with Crippen LogP contribution in [0.4, 0.5) is 16.2 Å². The van der Waals surface area contributed by atoms with Crippen molar-refractivity contribution >= 4 is 22.9 Å². The number of amides is 2. The minimum atomic E-state index is -0.297. The molecule has 1 fully saturated rings. The second kappa shape index (κ2) is 5.75. The lowest BCUT2D eigenvalue weighted by atomic mass is 10.3. The summed E-state index contributed by atoms with van der Waals surface area (Å²) in [7, 11) is 0. The first-order valence-corrected chi connectivity index (χ1v) is 7.84. The lowest BCUT2D eigenvalue weighted by Crippen LogP contribution is -2.19. The van der Waals surface area contributed by atoms with Crippen LogP contribution in [0.2, 0.25) is 0 Å². The van der Waals surface area contributed by atoms with Crippen molar-refractivity contribution in [2.45, 2.75) is 31.7 Å². The van der Waals surface area contributed by atoms with Crippen LogP contribution in [0.25, 0.3) is 5.52 Å². The smallest absolute Gasteiger partial charge is 0.305 e. The SMILES string of the molecule is O=C(Nc1cnn(C2CCCC2)c1)Nc1cnn2ccccc12. The third-order valence-electron chi connectivity index (χ3n) is 4.23. The second-order valence-electron chi connectivity index (χ2n) is 5.82. The maximum absolute atomic E-state index is 12.2. The molecule has 118 valence electrons. The molecule has 0 bridgehead atoms. The number of hydrogen-bond donors (Lipinski definition) is 2. The summed E-state index contributed by atoms with van der Waals surface area (Å²) in [5.41, 5.74) is 2.22. The zero-order valence-electron chi connectivity index (χ0n) is 12.6. The minimum Gasteiger partial charge on any atom is -0.305 e. The predicted molar refractivity (Wildman–Crippen MR) is 87.6 cm³/mol. The molecule has 0 radical (unpaired) electrons. The average Bonchev–Trinajstić information content (AvgIpc) is 3.27. The van der Waals surface area contributed by atoms with Crippen LogP contribution in [0.5, 0.6) is 0 Å². The van der Waals surface area contributed by atoms with Gasteiger partial charge in [0.1, 0.15) is 0 Å². The predicted octanol–water partition coefficient (Wildman–Crippen LogP) is 3.29. The number of hydrogen-bond acceptors (Lipinski definition) is 3. The molecule has 7 heteroatoms. The first kappa shape index (κ1) is 13.8. The van der Waals surface area contributed by atoms with Crippen LogP contribution in [-0.2, 0) is 0 Å². The van der Waals surface area contributed by atoms with Gasteiger partial charge < -0.3 is 10.6 Å². The van der Waals surface area contributed by atoms with E-state index < -0.39 is 0 Å². The molecule has 1 aliphatic rings. The number of aromatic nitrogens is 4. The van der Waals surface area contributed by atoms with Crippen molar-refractivity contribution in [3.05, 3.63) is 43.0 Å². The van der Waals surface area contributed by atoms with Gasteiger partial charge in [-0.3, -0.25) is 4.68 Å². The van der Waals surface area contributed by atoms with E-state index in [0.717, 1.165) is 18.4 Å². The molecule has 0 aliphatic heterocycles. The molecule has 3 heterocycles. The summed E-state index contributed by atoms with van der Waals surface area (Å²) in [6, 6.07) is 5.87.